The molecule has 1 aromatic carbocycles. The molecule has 21 heavy (non-hydrogen) atoms. The van der Waals surface area contributed by atoms with Crippen molar-refractivity contribution in [1.82, 2.24) is 10.2 Å². The number of nitrogens with one attached hydrogen (secondary N) is 1. The Labute approximate surface area is 135 Å². The number of benzene rings is 1. The fourth-order valence-electron chi connectivity index (χ4n) is 2.42. The molecule has 0 spiro atoms. The van der Waals surface area contributed by atoms with Crippen LogP contribution < -0.4 is 5.32 Å². The molecule has 1 aliphatic heterocycles. The Morgan fingerprint density at radius 2 is 1.95 bits per heavy atom. The van der Waals surface area contributed by atoms with Gasteiger partial charge in [-0.15, -0.1) is 24.2 Å². The minimum absolute atomic E-state index is 0.0397. The fraction of sp³-hybridized carbons (Fsp3) is 0.467. The normalized spacial score (nSPS) is 17.4. The van der Waals surface area contributed by atoms with Gasteiger partial charge in [0.15, 0.2) is 0 Å². The lowest BCUT2D eigenvalue weighted by molar-refractivity contribution is -0.131. The number of thiol groups is 1. The first-order valence-electron chi connectivity index (χ1n) is 7.00. The van der Waals surface area contributed by atoms with E-state index in [0.29, 0.717) is 23.5 Å². The van der Waals surface area contributed by atoms with Crippen molar-refractivity contribution in [1.29, 1.82) is 0 Å². The van der Waals surface area contributed by atoms with Gasteiger partial charge in [-0.1, -0.05) is 12.1 Å². The van der Waals surface area contributed by atoms with Crippen LogP contribution in [-0.2, 0) is 4.79 Å². The number of nitrogens with zero attached hydrogens (tertiary/aromatic N) is 1. The molecule has 0 aliphatic carbocycles. The van der Waals surface area contributed by atoms with Crippen LogP contribution >= 0.6 is 24.2 Å². The van der Waals surface area contributed by atoms with Crippen LogP contribution in [0.15, 0.2) is 29.2 Å². The van der Waals surface area contributed by atoms with E-state index in [1.54, 1.807) is 24.0 Å². The first-order valence-corrected chi connectivity index (χ1v) is 7.89. The Hall–Kier alpha value is -1.20. The number of likely N-dealkylation sites (tertiary alicyclic amines) is 1. The van der Waals surface area contributed by atoms with Gasteiger partial charge in [0.25, 0.3) is 5.91 Å². The van der Waals surface area contributed by atoms with Crippen molar-refractivity contribution in [3.05, 3.63) is 29.8 Å². The quantitative estimate of drug-likeness (QED) is 0.661. The first-order chi connectivity index (χ1) is 9.99. The van der Waals surface area contributed by atoms with E-state index in [1.165, 1.54) is 0 Å². The van der Waals surface area contributed by atoms with Gasteiger partial charge in [-0.2, -0.15) is 0 Å². The van der Waals surface area contributed by atoms with Gasteiger partial charge in [-0.05, 0) is 31.9 Å². The molecule has 2 rings (SSSR count). The molecule has 1 saturated heterocycles. The van der Waals surface area contributed by atoms with Crippen LogP contribution in [0.1, 0.15) is 30.1 Å². The Bertz CT molecular complexity index is 528. The Morgan fingerprint density at radius 3 is 2.52 bits per heavy atom. The van der Waals surface area contributed by atoms with Gasteiger partial charge >= 0.3 is 0 Å². The summed E-state index contributed by atoms with van der Waals surface area (Å²) in [5.41, 5.74) is 0.578. The van der Waals surface area contributed by atoms with Crippen LogP contribution in [-0.4, -0.2) is 41.2 Å². The highest BCUT2D eigenvalue weighted by Crippen LogP contribution is 2.16. The third kappa shape index (κ3) is 4.14. The maximum Gasteiger partial charge on any atom is 0.252 e. The van der Waals surface area contributed by atoms with Crippen LogP contribution in [0.25, 0.3) is 0 Å². The van der Waals surface area contributed by atoms with E-state index in [0.717, 1.165) is 12.8 Å². The van der Waals surface area contributed by atoms with Gasteiger partial charge in [-0.25, -0.2) is 0 Å². The second-order valence-corrected chi connectivity index (χ2v) is 6.34. The number of hydrogen-bond donors (Lipinski definition) is 2. The number of amides is 2. The summed E-state index contributed by atoms with van der Waals surface area (Å²) in [6, 6.07) is 7.29. The number of piperidine rings is 1. The van der Waals surface area contributed by atoms with Gasteiger partial charge in [0.1, 0.15) is 5.38 Å². The largest absolute Gasteiger partial charge is 0.349 e. The highest BCUT2D eigenvalue weighted by atomic mass is 35.5. The molecule has 1 atom stereocenters. The summed E-state index contributed by atoms with van der Waals surface area (Å²) in [5.74, 6) is -0.154. The lowest BCUT2D eigenvalue weighted by Gasteiger charge is -2.33. The molecule has 0 saturated carbocycles. The highest BCUT2D eigenvalue weighted by molar-refractivity contribution is 7.80. The molecule has 1 N–H and O–H groups in total. The zero-order valence-corrected chi connectivity index (χ0v) is 13.5. The van der Waals surface area contributed by atoms with Crippen molar-refractivity contribution in [2.24, 2.45) is 0 Å². The molecular weight excluding hydrogens is 308 g/mol. The molecule has 0 bridgehead atoms. The smallest absolute Gasteiger partial charge is 0.252 e. The minimum atomic E-state index is -0.493. The van der Waals surface area contributed by atoms with Crippen LogP contribution in [0.3, 0.4) is 0 Å². The molecule has 0 radical (unpaired) electrons. The molecule has 1 aromatic rings. The van der Waals surface area contributed by atoms with Gasteiger partial charge in [-0.3, -0.25) is 9.59 Å². The third-order valence-corrected chi connectivity index (χ3v) is 4.21. The summed E-state index contributed by atoms with van der Waals surface area (Å²) >= 11 is 10.1. The lowest BCUT2D eigenvalue weighted by atomic mass is 10.0. The van der Waals surface area contributed by atoms with Crippen LogP contribution in [0.4, 0.5) is 0 Å². The maximum atomic E-state index is 12.2. The lowest BCUT2D eigenvalue weighted by Crippen LogP contribution is -2.48. The zero-order valence-electron chi connectivity index (χ0n) is 11.9. The maximum absolute atomic E-state index is 12.2. The second-order valence-electron chi connectivity index (χ2n) is 5.21. The Balaban J connectivity index is 1.88. The summed E-state index contributed by atoms with van der Waals surface area (Å²) in [6.45, 7) is 2.94. The van der Waals surface area contributed by atoms with Gasteiger partial charge < -0.3 is 10.2 Å². The summed E-state index contributed by atoms with van der Waals surface area (Å²) in [5, 5.41) is 2.51. The molecule has 114 valence electrons. The second kappa shape index (κ2) is 7.18. The van der Waals surface area contributed by atoms with E-state index in [2.05, 4.69) is 17.9 Å². The Morgan fingerprint density at radius 1 is 1.33 bits per heavy atom. The van der Waals surface area contributed by atoms with E-state index in [4.69, 9.17) is 11.6 Å². The van der Waals surface area contributed by atoms with Crippen molar-refractivity contribution in [2.45, 2.75) is 36.1 Å². The molecule has 2 amide bonds. The van der Waals surface area contributed by atoms with E-state index in [-0.39, 0.29) is 17.9 Å². The van der Waals surface area contributed by atoms with E-state index >= 15 is 0 Å². The summed E-state index contributed by atoms with van der Waals surface area (Å²) in [6.07, 6.45) is 1.49. The topological polar surface area (TPSA) is 49.4 Å². The average molecular weight is 327 g/mol. The van der Waals surface area contributed by atoms with Gasteiger partial charge in [0.2, 0.25) is 5.91 Å². The summed E-state index contributed by atoms with van der Waals surface area (Å²) in [4.78, 5) is 26.4. The van der Waals surface area contributed by atoms with Crippen LogP contribution in [0.5, 0.6) is 0 Å². The fourth-order valence-corrected chi connectivity index (χ4v) is 2.82. The highest BCUT2D eigenvalue weighted by Gasteiger charge is 2.26. The standard InChI is InChI=1S/C15H19ClN2O2S/c1-10(16)15(20)18-8-6-11(7-9-18)17-14(19)12-4-2-3-5-13(12)21/h2-5,10-11,21H,6-9H2,1H3,(H,17,19). The number of carbonyl (C=O) groups excluding carboxylic acids is 2. The summed E-state index contributed by atoms with van der Waals surface area (Å²) < 4.78 is 0. The van der Waals surface area contributed by atoms with Gasteiger partial charge in [0.05, 0.1) is 5.56 Å². The van der Waals surface area contributed by atoms with E-state index in [9.17, 15) is 9.59 Å². The van der Waals surface area contributed by atoms with E-state index in [1.807, 2.05) is 12.1 Å². The number of carbonyl (C=O) groups is 2. The van der Waals surface area contributed by atoms with Crippen molar-refractivity contribution in [2.75, 3.05) is 13.1 Å². The molecule has 1 fully saturated rings. The van der Waals surface area contributed by atoms with Gasteiger partial charge in [0, 0.05) is 24.0 Å². The average Bonchev–Trinajstić information content (AvgIpc) is 2.47. The number of alkyl halides is 1. The van der Waals surface area contributed by atoms with Crippen molar-refractivity contribution in [3.63, 3.8) is 0 Å². The molecule has 1 heterocycles. The SMILES string of the molecule is CC(Cl)C(=O)N1CCC(NC(=O)c2ccccc2S)CC1. The van der Waals surface area contributed by atoms with E-state index < -0.39 is 5.38 Å². The predicted molar refractivity (Wildman–Crippen MR) is 86.1 cm³/mol. The number of hydrogen-bond acceptors (Lipinski definition) is 3. The van der Waals surface area contributed by atoms with Crippen LogP contribution in [0, 0.1) is 0 Å². The van der Waals surface area contributed by atoms with Crippen molar-refractivity contribution < 1.29 is 9.59 Å². The van der Waals surface area contributed by atoms with Crippen molar-refractivity contribution >= 4 is 36.0 Å². The molecule has 0 aromatic heterocycles. The predicted octanol–water partition coefficient (Wildman–Crippen LogP) is 2.32. The molecule has 4 nitrogen and oxygen atoms in total. The monoisotopic (exact) mass is 326 g/mol. The molecular formula is C15H19ClN2O2S. The van der Waals surface area contributed by atoms with Crippen LogP contribution in [0.2, 0.25) is 0 Å². The molecule has 6 heteroatoms. The molecule has 1 aliphatic rings. The zero-order chi connectivity index (χ0) is 15.4. The van der Waals surface area contributed by atoms with Crippen molar-refractivity contribution in [3.8, 4) is 0 Å². The minimum Gasteiger partial charge on any atom is -0.349 e. The third-order valence-electron chi connectivity index (χ3n) is 3.63. The summed E-state index contributed by atoms with van der Waals surface area (Å²) in [7, 11) is 0. The first kappa shape index (κ1) is 16.2. The number of halogens is 1. The molecule has 1 unspecified atom stereocenters. The Kier molecular flexibility index (Phi) is 5.53. The number of rotatable bonds is 3.